The Morgan fingerprint density at radius 1 is 1.06 bits per heavy atom. The van der Waals surface area contributed by atoms with Crippen molar-refractivity contribution < 1.29 is 0 Å². The predicted molar refractivity (Wildman–Crippen MR) is 120 cm³/mol. The maximum absolute atomic E-state index is 13.3. The number of H-pyrrole nitrogens is 1. The minimum Gasteiger partial charge on any atom is -0.321 e. The smallest absolute Gasteiger partial charge is 0.253 e. The highest BCUT2D eigenvalue weighted by molar-refractivity contribution is 5.83. The fraction of sp³-hybridized carbons (Fsp3) is 0.333. The number of likely N-dealkylation sites (tertiary alicyclic amines) is 1. The van der Waals surface area contributed by atoms with E-state index in [4.69, 9.17) is 0 Å². The Bertz CT molecular complexity index is 1270. The number of tetrazole rings is 1. The number of aromatic amines is 1. The van der Waals surface area contributed by atoms with Crippen molar-refractivity contribution in [3.05, 3.63) is 87.0 Å². The van der Waals surface area contributed by atoms with Crippen molar-refractivity contribution in [2.24, 2.45) is 0 Å². The number of fused-ring (bicyclic) bond motifs is 1. The summed E-state index contributed by atoms with van der Waals surface area (Å²) in [7, 11) is 0. The number of hydrogen-bond acceptors (Lipinski definition) is 5. The van der Waals surface area contributed by atoms with E-state index in [-0.39, 0.29) is 11.6 Å². The molecule has 7 nitrogen and oxygen atoms in total. The van der Waals surface area contributed by atoms with Crippen molar-refractivity contribution in [2.75, 3.05) is 13.1 Å². The first-order valence-corrected chi connectivity index (χ1v) is 10.8. The number of rotatable bonds is 5. The van der Waals surface area contributed by atoms with E-state index in [1.165, 1.54) is 5.56 Å². The fourth-order valence-corrected chi connectivity index (χ4v) is 4.68. The predicted octanol–water partition coefficient (Wildman–Crippen LogP) is 3.36. The Morgan fingerprint density at radius 3 is 2.61 bits per heavy atom. The topological polar surface area (TPSA) is 79.7 Å². The quantitative estimate of drug-likeness (QED) is 0.542. The van der Waals surface area contributed by atoms with Gasteiger partial charge in [-0.05, 0) is 78.9 Å². The van der Waals surface area contributed by atoms with Crippen molar-refractivity contribution in [1.29, 1.82) is 0 Å². The third-order valence-corrected chi connectivity index (χ3v) is 6.10. The standard InChI is InChI=1S/C24H26N6O/c1-16-12-17(2)21-19(13-16)14-20(24(31)25-21)22(29-10-6-7-11-29)23-26-27-28-30(23)15-18-8-4-3-5-9-18/h3-5,8-9,12-14,22H,6-7,10-11,15H2,1-2H3,(H,25,31). The molecular weight excluding hydrogens is 388 g/mol. The molecule has 0 bridgehead atoms. The molecular formula is C24H26N6O. The highest BCUT2D eigenvalue weighted by Crippen LogP contribution is 2.30. The average molecular weight is 415 g/mol. The number of aromatic nitrogens is 5. The minimum atomic E-state index is -0.282. The Morgan fingerprint density at radius 2 is 1.84 bits per heavy atom. The van der Waals surface area contributed by atoms with Crippen LogP contribution in [0.1, 0.15) is 47.0 Å². The summed E-state index contributed by atoms with van der Waals surface area (Å²) >= 11 is 0. The zero-order valence-corrected chi connectivity index (χ0v) is 17.9. The summed E-state index contributed by atoms with van der Waals surface area (Å²) in [5.74, 6) is 0.708. The van der Waals surface area contributed by atoms with E-state index in [0.717, 1.165) is 48.0 Å². The lowest BCUT2D eigenvalue weighted by Crippen LogP contribution is -2.33. The summed E-state index contributed by atoms with van der Waals surface area (Å²) in [6.07, 6.45) is 2.22. The number of nitrogens with zero attached hydrogens (tertiary/aromatic N) is 5. The second-order valence-electron chi connectivity index (χ2n) is 8.43. The number of nitrogens with one attached hydrogen (secondary N) is 1. The van der Waals surface area contributed by atoms with E-state index in [2.05, 4.69) is 56.6 Å². The molecule has 158 valence electrons. The molecule has 3 heterocycles. The summed E-state index contributed by atoms with van der Waals surface area (Å²) in [4.78, 5) is 18.7. The van der Waals surface area contributed by atoms with Crippen LogP contribution in [0, 0.1) is 13.8 Å². The third kappa shape index (κ3) is 3.77. The van der Waals surface area contributed by atoms with Gasteiger partial charge in [0.15, 0.2) is 5.82 Å². The SMILES string of the molecule is Cc1cc(C)c2[nH]c(=O)c(C(c3nnnn3Cc3ccccc3)N3CCCC3)cc2c1. The van der Waals surface area contributed by atoms with E-state index >= 15 is 0 Å². The van der Waals surface area contributed by atoms with Gasteiger partial charge in [-0.2, -0.15) is 0 Å². The molecule has 1 fully saturated rings. The van der Waals surface area contributed by atoms with E-state index in [9.17, 15) is 4.79 Å². The van der Waals surface area contributed by atoms with Crippen molar-refractivity contribution in [1.82, 2.24) is 30.1 Å². The number of hydrogen-bond donors (Lipinski definition) is 1. The zero-order chi connectivity index (χ0) is 21.4. The van der Waals surface area contributed by atoms with E-state index < -0.39 is 0 Å². The summed E-state index contributed by atoms with van der Waals surface area (Å²) in [6.45, 7) is 6.52. The molecule has 1 unspecified atom stereocenters. The van der Waals surface area contributed by atoms with Gasteiger partial charge in [-0.25, -0.2) is 4.68 Å². The van der Waals surface area contributed by atoms with Crippen LogP contribution in [-0.2, 0) is 6.54 Å². The maximum atomic E-state index is 13.3. The van der Waals surface area contributed by atoms with Gasteiger partial charge >= 0.3 is 0 Å². The van der Waals surface area contributed by atoms with Gasteiger partial charge in [0.1, 0.15) is 6.04 Å². The van der Waals surface area contributed by atoms with Crippen LogP contribution in [0.25, 0.3) is 10.9 Å². The fourth-order valence-electron chi connectivity index (χ4n) is 4.68. The monoisotopic (exact) mass is 414 g/mol. The number of benzene rings is 2. The lowest BCUT2D eigenvalue weighted by molar-refractivity contribution is 0.263. The number of pyridine rings is 1. The van der Waals surface area contributed by atoms with E-state index in [1.54, 1.807) is 0 Å². The van der Waals surface area contributed by atoms with Gasteiger partial charge in [-0.3, -0.25) is 9.69 Å². The second-order valence-corrected chi connectivity index (χ2v) is 8.43. The lowest BCUT2D eigenvalue weighted by atomic mass is 10.0. The molecule has 1 N–H and O–H groups in total. The summed E-state index contributed by atoms with van der Waals surface area (Å²) < 4.78 is 1.82. The van der Waals surface area contributed by atoms with Crippen LogP contribution in [0.3, 0.4) is 0 Å². The van der Waals surface area contributed by atoms with Crippen molar-refractivity contribution in [3.8, 4) is 0 Å². The van der Waals surface area contributed by atoms with Crippen LogP contribution in [0.2, 0.25) is 0 Å². The van der Waals surface area contributed by atoms with Gasteiger partial charge in [0.25, 0.3) is 5.56 Å². The van der Waals surface area contributed by atoms with Crippen molar-refractivity contribution in [2.45, 2.75) is 39.3 Å². The molecule has 7 heteroatoms. The van der Waals surface area contributed by atoms with Crippen LogP contribution in [0.5, 0.6) is 0 Å². The molecule has 1 aliphatic rings. The van der Waals surface area contributed by atoms with Crippen LogP contribution in [0.4, 0.5) is 0 Å². The molecule has 5 rings (SSSR count). The van der Waals surface area contributed by atoms with Crippen molar-refractivity contribution in [3.63, 3.8) is 0 Å². The summed E-state index contributed by atoms with van der Waals surface area (Å²) in [5, 5.41) is 13.7. The van der Waals surface area contributed by atoms with Gasteiger partial charge in [-0.15, -0.1) is 5.10 Å². The molecule has 2 aromatic carbocycles. The Kier molecular flexibility index (Phi) is 5.11. The Hall–Kier alpha value is -3.32. The molecule has 0 amide bonds. The molecule has 4 aromatic rings. The first-order chi connectivity index (χ1) is 15.1. The maximum Gasteiger partial charge on any atom is 0.253 e. The average Bonchev–Trinajstić information content (AvgIpc) is 3.43. The zero-order valence-electron chi connectivity index (χ0n) is 17.9. The molecule has 1 aliphatic heterocycles. The first kappa shape index (κ1) is 19.6. The van der Waals surface area contributed by atoms with Crippen LogP contribution in [-0.4, -0.2) is 43.2 Å². The van der Waals surface area contributed by atoms with Gasteiger partial charge in [0.05, 0.1) is 12.1 Å². The molecule has 2 aromatic heterocycles. The molecule has 0 aliphatic carbocycles. The van der Waals surface area contributed by atoms with Gasteiger partial charge in [0.2, 0.25) is 0 Å². The second kappa shape index (κ2) is 8.07. The lowest BCUT2D eigenvalue weighted by Gasteiger charge is -2.26. The third-order valence-electron chi connectivity index (χ3n) is 6.10. The van der Waals surface area contributed by atoms with Crippen LogP contribution in [0.15, 0.2) is 53.3 Å². The van der Waals surface area contributed by atoms with Gasteiger partial charge < -0.3 is 4.98 Å². The molecule has 1 atom stereocenters. The largest absolute Gasteiger partial charge is 0.321 e. The molecule has 0 saturated carbocycles. The molecule has 31 heavy (non-hydrogen) atoms. The van der Waals surface area contributed by atoms with E-state index in [0.29, 0.717) is 17.9 Å². The molecule has 0 radical (unpaired) electrons. The molecule has 1 saturated heterocycles. The highest BCUT2D eigenvalue weighted by atomic mass is 16.1. The Labute approximate surface area is 180 Å². The van der Waals surface area contributed by atoms with Crippen molar-refractivity contribution >= 4 is 10.9 Å². The van der Waals surface area contributed by atoms with Gasteiger partial charge in [-0.1, -0.05) is 42.0 Å². The summed E-state index contributed by atoms with van der Waals surface area (Å²) in [6, 6.07) is 16.1. The van der Waals surface area contributed by atoms with Crippen LogP contribution >= 0.6 is 0 Å². The van der Waals surface area contributed by atoms with Crippen LogP contribution < -0.4 is 5.56 Å². The number of aryl methyl sites for hydroxylation is 2. The summed E-state index contributed by atoms with van der Waals surface area (Å²) in [5.41, 5.74) is 4.88. The molecule has 0 spiro atoms. The highest BCUT2D eigenvalue weighted by Gasteiger charge is 2.32. The van der Waals surface area contributed by atoms with Gasteiger partial charge in [0, 0.05) is 5.56 Å². The normalized spacial score (nSPS) is 15.5. The van der Waals surface area contributed by atoms with E-state index in [1.807, 2.05) is 35.9 Å². The Balaban J connectivity index is 1.64. The first-order valence-electron chi connectivity index (χ1n) is 10.8. The minimum absolute atomic E-state index is 0.0781.